The van der Waals surface area contributed by atoms with Crippen molar-refractivity contribution in [3.63, 3.8) is 0 Å². The van der Waals surface area contributed by atoms with Crippen molar-refractivity contribution in [1.82, 2.24) is 10.3 Å². The summed E-state index contributed by atoms with van der Waals surface area (Å²) in [5, 5.41) is 6.59. The summed E-state index contributed by atoms with van der Waals surface area (Å²) in [5.74, 6) is 0.604. The first-order valence-corrected chi connectivity index (χ1v) is 12.0. The van der Waals surface area contributed by atoms with Crippen LogP contribution in [0.4, 0.5) is 5.69 Å². The number of amides is 1. The largest absolute Gasteiger partial charge is 0.436 e. The van der Waals surface area contributed by atoms with Gasteiger partial charge in [0.2, 0.25) is 11.8 Å². The molecule has 0 radical (unpaired) electrons. The molecule has 3 aromatic carbocycles. The molecule has 0 saturated carbocycles. The van der Waals surface area contributed by atoms with Crippen molar-refractivity contribution in [2.75, 3.05) is 11.1 Å². The number of hydrogen-bond donors (Lipinski definition) is 2. The van der Waals surface area contributed by atoms with Crippen molar-refractivity contribution in [1.29, 1.82) is 0 Å². The topological polar surface area (TPSA) is 67.2 Å². The molecule has 0 spiro atoms. The van der Waals surface area contributed by atoms with Crippen molar-refractivity contribution in [3.05, 3.63) is 75.3 Å². The number of halogens is 2. The van der Waals surface area contributed by atoms with Gasteiger partial charge in [0.25, 0.3) is 0 Å². The van der Waals surface area contributed by atoms with Gasteiger partial charge in [-0.05, 0) is 95.5 Å². The normalized spacial score (nSPS) is 10.8. The molecular weight excluding hydrogens is 565 g/mol. The van der Waals surface area contributed by atoms with Crippen molar-refractivity contribution < 1.29 is 9.21 Å². The van der Waals surface area contributed by atoms with Gasteiger partial charge in [0.1, 0.15) is 5.52 Å². The standard InChI is InChI=1S/C22H15ClIN3O2S2/c23-14-4-7-17(8-5-14)31-12-20(28)27-22(30)25-16-6-9-19-18(11-16)26-21(29-19)13-2-1-3-15(24)10-13/h1-11H,12H2,(H2,25,27,28,30). The molecule has 0 aliphatic carbocycles. The highest BCUT2D eigenvalue weighted by Crippen LogP contribution is 2.27. The molecule has 31 heavy (non-hydrogen) atoms. The number of carbonyl (C=O) groups excluding carboxylic acids is 1. The SMILES string of the molecule is O=C(CSc1ccc(Cl)cc1)NC(=S)Nc1ccc2oc(-c3cccc(I)c3)nc2c1. The number of nitrogens with one attached hydrogen (secondary N) is 2. The zero-order valence-corrected chi connectivity index (χ0v) is 20.4. The van der Waals surface area contributed by atoms with Gasteiger partial charge in [-0.3, -0.25) is 4.79 Å². The van der Waals surface area contributed by atoms with Gasteiger partial charge in [-0.1, -0.05) is 17.7 Å². The molecule has 4 rings (SSSR count). The Hall–Kier alpha value is -2.14. The van der Waals surface area contributed by atoms with Crippen LogP contribution in [0.5, 0.6) is 0 Å². The first kappa shape index (κ1) is 22.1. The lowest BCUT2D eigenvalue weighted by atomic mass is 10.2. The number of rotatable bonds is 5. The minimum absolute atomic E-state index is 0.194. The first-order valence-electron chi connectivity index (χ1n) is 9.12. The number of thioether (sulfide) groups is 1. The average Bonchev–Trinajstić information content (AvgIpc) is 3.17. The second-order valence-electron chi connectivity index (χ2n) is 6.46. The van der Waals surface area contributed by atoms with E-state index >= 15 is 0 Å². The second kappa shape index (κ2) is 9.99. The smallest absolute Gasteiger partial charge is 0.236 e. The molecule has 0 aliphatic heterocycles. The van der Waals surface area contributed by atoms with Gasteiger partial charge in [-0.25, -0.2) is 4.98 Å². The number of hydrogen-bond acceptors (Lipinski definition) is 5. The molecule has 1 aromatic heterocycles. The van der Waals surface area contributed by atoms with Gasteiger partial charge >= 0.3 is 0 Å². The number of benzene rings is 3. The van der Waals surface area contributed by atoms with Crippen LogP contribution in [0.25, 0.3) is 22.6 Å². The number of fused-ring (bicyclic) bond motifs is 1. The average molecular weight is 580 g/mol. The van der Waals surface area contributed by atoms with E-state index in [1.165, 1.54) is 11.8 Å². The minimum atomic E-state index is -0.194. The van der Waals surface area contributed by atoms with Crippen LogP contribution < -0.4 is 10.6 Å². The van der Waals surface area contributed by atoms with Crippen molar-refractivity contribution in [2.45, 2.75) is 4.90 Å². The Labute approximate surface area is 207 Å². The highest BCUT2D eigenvalue weighted by Gasteiger charge is 2.11. The van der Waals surface area contributed by atoms with E-state index in [0.29, 0.717) is 27.7 Å². The zero-order valence-electron chi connectivity index (χ0n) is 15.9. The van der Waals surface area contributed by atoms with Crippen LogP contribution in [0.2, 0.25) is 5.02 Å². The maximum Gasteiger partial charge on any atom is 0.236 e. The Bertz CT molecular complexity index is 1260. The second-order valence-corrected chi connectivity index (χ2v) is 9.60. The molecule has 0 aliphatic rings. The van der Waals surface area contributed by atoms with Gasteiger partial charge in [0.15, 0.2) is 10.7 Å². The van der Waals surface area contributed by atoms with Crippen LogP contribution >= 0.6 is 58.2 Å². The highest BCUT2D eigenvalue weighted by atomic mass is 127. The summed E-state index contributed by atoms with van der Waals surface area (Å²) in [6.07, 6.45) is 0. The van der Waals surface area contributed by atoms with Crippen LogP contribution in [-0.2, 0) is 4.79 Å². The Morgan fingerprint density at radius 1 is 1.13 bits per heavy atom. The van der Waals surface area contributed by atoms with E-state index in [4.69, 9.17) is 28.2 Å². The van der Waals surface area contributed by atoms with E-state index in [2.05, 4.69) is 38.2 Å². The summed E-state index contributed by atoms with van der Waals surface area (Å²) in [6.45, 7) is 0. The molecule has 9 heteroatoms. The molecule has 0 fully saturated rings. The highest BCUT2D eigenvalue weighted by molar-refractivity contribution is 14.1. The van der Waals surface area contributed by atoms with Crippen molar-refractivity contribution >= 4 is 86.0 Å². The molecule has 0 unspecified atom stereocenters. The van der Waals surface area contributed by atoms with Crippen LogP contribution in [0.15, 0.2) is 76.0 Å². The lowest BCUT2D eigenvalue weighted by Gasteiger charge is -2.09. The summed E-state index contributed by atoms with van der Waals surface area (Å²) in [5.41, 5.74) is 3.00. The fourth-order valence-corrected chi connectivity index (χ4v) is 4.35. The van der Waals surface area contributed by atoms with Crippen LogP contribution in [0.1, 0.15) is 0 Å². The summed E-state index contributed by atoms with van der Waals surface area (Å²) in [7, 11) is 0. The minimum Gasteiger partial charge on any atom is -0.436 e. The summed E-state index contributed by atoms with van der Waals surface area (Å²) in [6, 6.07) is 20.7. The van der Waals surface area contributed by atoms with Crippen molar-refractivity contribution in [2.24, 2.45) is 0 Å². The van der Waals surface area contributed by atoms with Crippen molar-refractivity contribution in [3.8, 4) is 11.5 Å². The fourth-order valence-electron chi connectivity index (χ4n) is 2.75. The monoisotopic (exact) mass is 579 g/mol. The Morgan fingerprint density at radius 2 is 1.94 bits per heavy atom. The number of oxazole rings is 1. The lowest BCUT2D eigenvalue weighted by molar-refractivity contribution is -0.117. The summed E-state index contributed by atoms with van der Waals surface area (Å²) < 4.78 is 6.97. The molecule has 1 heterocycles. The van der Waals surface area contributed by atoms with Crippen LogP contribution in [0, 0.1) is 3.57 Å². The number of anilines is 1. The maximum absolute atomic E-state index is 12.2. The fraction of sp³-hybridized carbons (Fsp3) is 0.0455. The van der Waals surface area contributed by atoms with E-state index in [1.54, 1.807) is 12.1 Å². The van der Waals surface area contributed by atoms with Gasteiger partial charge in [-0.15, -0.1) is 11.8 Å². The number of aromatic nitrogens is 1. The predicted octanol–water partition coefficient (Wildman–Crippen LogP) is 6.36. The molecule has 5 nitrogen and oxygen atoms in total. The number of nitrogens with zero attached hydrogens (tertiary/aromatic N) is 1. The third-order valence-corrected chi connectivity index (χ3v) is 6.29. The maximum atomic E-state index is 12.2. The molecule has 0 bridgehead atoms. The van der Waals surface area contributed by atoms with Gasteiger partial charge in [0.05, 0.1) is 5.75 Å². The third-order valence-electron chi connectivity index (χ3n) is 4.15. The van der Waals surface area contributed by atoms with Crippen LogP contribution in [0.3, 0.4) is 0 Å². The molecule has 4 aromatic rings. The van der Waals surface area contributed by atoms with Gasteiger partial charge in [-0.2, -0.15) is 0 Å². The van der Waals surface area contributed by atoms with E-state index in [-0.39, 0.29) is 16.8 Å². The Kier molecular flexibility index (Phi) is 7.11. The molecule has 156 valence electrons. The van der Waals surface area contributed by atoms with Gasteiger partial charge in [0, 0.05) is 24.7 Å². The Morgan fingerprint density at radius 3 is 2.71 bits per heavy atom. The summed E-state index contributed by atoms with van der Waals surface area (Å²) >= 11 is 14.8. The number of carbonyl (C=O) groups is 1. The van der Waals surface area contributed by atoms with E-state index in [9.17, 15) is 4.79 Å². The molecular formula is C22H15ClIN3O2S2. The third kappa shape index (κ3) is 5.97. The Balaban J connectivity index is 1.36. The first-order chi connectivity index (χ1) is 15.0. The molecule has 0 saturated heterocycles. The quantitative estimate of drug-likeness (QED) is 0.163. The van der Waals surface area contributed by atoms with Crippen LogP contribution in [-0.4, -0.2) is 21.8 Å². The molecule has 2 N–H and O–H groups in total. The molecule has 1 amide bonds. The number of thiocarbonyl (C=S) groups is 1. The molecule has 0 atom stereocenters. The van der Waals surface area contributed by atoms with E-state index in [1.807, 2.05) is 54.6 Å². The zero-order chi connectivity index (χ0) is 21.8. The predicted molar refractivity (Wildman–Crippen MR) is 139 cm³/mol. The summed E-state index contributed by atoms with van der Waals surface area (Å²) in [4.78, 5) is 17.7. The lowest BCUT2D eigenvalue weighted by Crippen LogP contribution is -2.35. The van der Waals surface area contributed by atoms with E-state index in [0.717, 1.165) is 14.0 Å². The van der Waals surface area contributed by atoms with E-state index < -0.39 is 0 Å². The van der Waals surface area contributed by atoms with Gasteiger partial charge < -0.3 is 15.1 Å².